The number of carbonyl (C=O) groups excluding carboxylic acids is 1. The first-order chi connectivity index (χ1) is 6.84. The van der Waals surface area contributed by atoms with Crippen molar-refractivity contribution in [2.45, 2.75) is 54.3 Å². The maximum absolute atomic E-state index is 11.9. The Kier molecular flexibility index (Phi) is 6.81. The van der Waals surface area contributed by atoms with E-state index < -0.39 is 18.4 Å². The zero-order chi connectivity index (χ0) is 12.1. The fraction of sp³-hybridized carbons (Fsp3) is 0.769. The quantitative estimate of drug-likeness (QED) is 0.643. The Hall–Kier alpha value is 0.209. The maximum atomic E-state index is 11.9. The average Bonchev–Trinajstić information content (AvgIpc) is 2.16. The Labute approximate surface area is 99.2 Å². The van der Waals surface area contributed by atoms with Gasteiger partial charge in [0.2, 0.25) is 0 Å². The van der Waals surface area contributed by atoms with Crippen LogP contribution in [0.15, 0.2) is 10.2 Å². The van der Waals surface area contributed by atoms with Crippen LogP contribution in [-0.2, 0) is 4.79 Å². The van der Waals surface area contributed by atoms with Gasteiger partial charge in [-0.25, -0.2) is 0 Å². The van der Waals surface area contributed by atoms with Crippen molar-refractivity contribution in [1.29, 1.82) is 0 Å². The first-order valence-corrected chi connectivity index (χ1v) is 16.1. The second-order valence-electron chi connectivity index (χ2n) is 5.29. The Balaban J connectivity index is 4.63. The number of unbranched alkanes of at least 4 members (excludes halogenated alkanes) is 1. The minimum atomic E-state index is -2.09. The zero-order valence-corrected chi connectivity index (χ0v) is 13.9. The molecule has 0 aliphatic rings. The molecule has 0 bridgehead atoms. The molecule has 0 saturated heterocycles. The van der Waals surface area contributed by atoms with Gasteiger partial charge in [-0.15, -0.1) is 0 Å². The molecule has 1 nitrogen and oxygen atoms in total. The van der Waals surface area contributed by atoms with Crippen LogP contribution in [0.5, 0.6) is 0 Å². The van der Waals surface area contributed by atoms with Crippen molar-refractivity contribution >= 4 is 24.2 Å². The van der Waals surface area contributed by atoms with Crippen molar-refractivity contribution in [1.82, 2.24) is 0 Å². The summed E-state index contributed by atoms with van der Waals surface area (Å²) in [7, 11) is 0. The van der Waals surface area contributed by atoms with Crippen molar-refractivity contribution in [3.8, 4) is 0 Å². The van der Waals surface area contributed by atoms with Crippen LogP contribution in [0.2, 0.25) is 14.8 Å². The van der Waals surface area contributed by atoms with Crippen LogP contribution in [0.25, 0.3) is 0 Å². The SMILES string of the molecule is C=[C](C(CCCC)C(=O)CC)[Sn]([CH3])([CH3])[CH3]. The van der Waals surface area contributed by atoms with Crippen molar-refractivity contribution in [3.05, 3.63) is 10.2 Å². The van der Waals surface area contributed by atoms with E-state index in [1.807, 2.05) is 6.92 Å². The number of rotatable bonds is 7. The van der Waals surface area contributed by atoms with Crippen LogP contribution < -0.4 is 0 Å². The van der Waals surface area contributed by atoms with Gasteiger partial charge < -0.3 is 0 Å². The second kappa shape index (κ2) is 6.72. The molecule has 0 saturated carbocycles. The van der Waals surface area contributed by atoms with Crippen LogP contribution in [0, 0.1) is 5.92 Å². The standard InChI is InChI=1S/C10H17O.3CH3.Sn/c1-4-7-8-9(5-2)10(11)6-3;;;;/h9H,2,4,6-8H2,1,3H3;3*1H3;. The Morgan fingerprint density at radius 2 is 1.80 bits per heavy atom. The van der Waals surface area contributed by atoms with E-state index in [1.165, 1.54) is 10.0 Å². The first kappa shape index (κ1) is 15.2. The van der Waals surface area contributed by atoms with Crippen molar-refractivity contribution in [2.75, 3.05) is 0 Å². The molecule has 1 unspecified atom stereocenters. The van der Waals surface area contributed by atoms with Crippen LogP contribution in [0.1, 0.15) is 39.5 Å². The van der Waals surface area contributed by atoms with Crippen LogP contribution >= 0.6 is 0 Å². The Morgan fingerprint density at radius 3 is 2.13 bits per heavy atom. The summed E-state index contributed by atoms with van der Waals surface area (Å²) in [5.74, 6) is 0.575. The van der Waals surface area contributed by atoms with Crippen LogP contribution in [0.3, 0.4) is 0 Å². The van der Waals surface area contributed by atoms with Crippen molar-refractivity contribution in [2.24, 2.45) is 5.92 Å². The van der Waals surface area contributed by atoms with E-state index in [0.717, 1.165) is 12.8 Å². The van der Waals surface area contributed by atoms with Gasteiger partial charge in [-0.3, -0.25) is 0 Å². The van der Waals surface area contributed by atoms with E-state index in [0.29, 0.717) is 12.2 Å². The molecule has 88 valence electrons. The molecule has 0 heterocycles. The third-order valence-corrected chi connectivity index (χ3v) is 9.46. The fourth-order valence-electron chi connectivity index (χ4n) is 1.71. The number of allylic oxidation sites excluding steroid dienone is 1. The van der Waals surface area contributed by atoms with Gasteiger partial charge >= 0.3 is 99.4 Å². The number of hydrogen-bond donors (Lipinski definition) is 0. The third kappa shape index (κ3) is 5.19. The minimum absolute atomic E-state index is 0.172. The van der Waals surface area contributed by atoms with Crippen LogP contribution in [0.4, 0.5) is 0 Å². The molecule has 0 aromatic heterocycles. The van der Waals surface area contributed by atoms with Crippen molar-refractivity contribution < 1.29 is 4.79 Å². The number of Topliss-reactive ketones (excluding diaryl/α,β-unsaturated/α-hetero) is 1. The molecule has 2 heteroatoms. The number of ketones is 1. The predicted octanol–water partition coefficient (Wildman–Crippen LogP) is 4.21. The van der Waals surface area contributed by atoms with Crippen molar-refractivity contribution in [3.63, 3.8) is 0 Å². The summed E-state index contributed by atoms with van der Waals surface area (Å²) in [4.78, 5) is 18.9. The second-order valence-corrected chi connectivity index (χ2v) is 20.0. The van der Waals surface area contributed by atoms with Gasteiger partial charge in [0.25, 0.3) is 0 Å². The number of hydrogen-bond acceptors (Lipinski definition) is 1. The molecule has 0 rings (SSSR count). The molecule has 0 aromatic carbocycles. The van der Waals surface area contributed by atoms with Gasteiger partial charge in [0.1, 0.15) is 0 Å². The summed E-state index contributed by atoms with van der Waals surface area (Å²) in [6.45, 7) is 8.36. The summed E-state index contributed by atoms with van der Waals surface area (Å²) < 4.78 is 1.31. The molecular weight excluding hydrogens is 291 g/mol. The normalized spacial score (nSPS) is 13.7. The molecule has 0 fully saturated rings. The van der Waals surface area contributed by atoms with E-state index >= 15 is 0 Å². The Morgan fingerprint density at radius 1 is 1.27 bits per heavy atom. The molecule has 0 radical (unpaired) electrons. The predicted molar refractivity (Wildman–Crippen MR) is 70.8 cm³/mol. The number of carbonyl (C=O) groups is 1. The molecule has 0 aromatic rings. The fourth-order valence-corrected chi connectivity index (χ4v) is 5.56. The molecule has 0 N–H and O–H groups in total. The van der Waals surface area contributed by atoms with Gasteiger partial charge in [0.05, 0.1) is 0 Å². The summed E-state index contributed by atoms with van der Waals surface area (Å²) in [6.07, 6.45) is 4.00. The molecule has 0 amide bonds. The topological polar surface area (TPSA) is 17.1 Å². The van der Waals surface area contributed by atoms with E-state index in [1.54, 1.807) is 0 Å². The van der Waals surface area contributed by atoms with E-state index in [4.69, 9.17) is 0 Å². The van der Waals surface area contributed by atoms with E-state index in [-0.39, 0.29) is 5.92 Å². The van der Waals surface area contributed by atoms with Gasteiger partial charge in [-0.05, 0) is 0 Å². The summed E-state index contributed by atoms with van der Waals surface area (Å²) in [5, 5.41) is 0. The zero-order valence-electron chi connectivity index (χ0n) is 11.0. The van der Waals surface area contributed by atoms with E-state index in [2.05, 4.69) is 28.3 Å². The Bertz CT molecular complexity index is 225. The van der Waals surface area contributed by atoms with E-state index in [9.17, 15) is 4.79 Å². The molecule has 15 heavy (non-hydrogen) atoms. The summed E-state index contributed by atoms with van der Waals surface area (Å²) >= 11 is -2.09. The first-order valence-electron chi connectivity index (χ1n) is 6.06. The molecule has 0 spiro atoms. The van der Waals surface area contributed by atoms with Crippen LogP contribution in [-0.4, -0.2) is 24.2 Å². The molecule has 1 atom stereocenters. The molecular formula is C13H26OSn. The third-order valence-electron chi connectivity index (χ3n) is 2.97. The monoisotopic (exact) mass is 318 g/mol. The van der Waals surface area contributed by atoms with Gasteiger partial charge in [-0.2, -0.15) is 0 Å². The van der Waals surface area contributed by atoms with Gasteiger partial charge in [0, 0.05) is 0 Å². The van der Waals surface area contributed by atoms with Gasteiger partial charge in [-0.1, -0.05) is 0 Å². The molecule has 0 aliphatic carbocycles. The molecule has 0 aliphatic heterocycles. The summed E-state index contributed by atoms with van der Waals surface area (Å²) in [6, 6.07) is 0. The van der Waals surface area contributed by atoms with Gasteiger partial charge in [0.15, 0.2) is 0 Å². The average molecular weight is 317 g/mol. The summed E-state index contributed by atoms with van der Waals surface area (Å²) in [5.41, 5.74) is 0.